The number of aryl methyl sites for hydroxylation is 1. The lowest BCUT2D eigenvalue weighted by Crippen LogP contribution is -2.01. The molecule has 0 radical (unpaired) electrons. The number of aromatic nitrogens is 2. The minimum Gasteiger partial charge on any atom is -0.481 e. The average Bonchev–Trinajstić information content (AvgIpc) is 2.68. The van der Waals surface area contributed by atoms with Crippen LogP contribution in [0.4, 0.5) is 0 Å². The third-order valence-corrected chi connectivity index (χ3v) is 2.69. The minimum absolute atomic E-state index is 0.0949. The second-order valence-electron chi connectivity index (χ2n) is 3.79. The summed E-state index contributed by atoms with van der Waals surface area (Å²) in [6.07, 6.45) is 0.557. The fourth-order valence-corrected chi connectivity index (χ4v) is 1.89. The molecule has 90 valence electrons. The van der Waals surface area contributed by atoms with E-state index in [9.17, 15) is 0 Å². The first-order chi connectivity index (χ1) is 8.27. The molecule has 1 aromatic carbocycles. The summed E-state index contributed by atoms with van der Waals surface area (Å²) in [5.41, 5.74) is 2.80. The lowest BCUT2D eigenvalue weighted by atomic mass is 10.2. The van der Waals surface area contributed by atoms with E-state index in [1.54, 1.807) is 11.8 Å². The Balaban J connectivity index is 2.52. The van der Waals surface area contributed by atoms with E-state index in [2.05, 4.69) is 5.10 Å². The van der Waals surface area contributed by atoms with Gasteiger partial charge in [0.15, 0.2) is 0 Å². The van der Waals surface area contributed by atoms with E-state index in [4.69, 9.17) is 9.84 Å². The molecule has 0 unspecified atom stereocenters. The quantitative estimate of drug-likeness (QED) is 0.873. The lowest BCUT2D eigenvalue weighted by Gasteiger charge is -2.07. The minimum atomic E-state index is 0.0949. The Bertz CT molecular complexity index is 492. The Morgan fingerprint density at radius 1 is 1.29 bits per heavy atom. The molecule has 4 heteroatoms. The van der Waals surface area contributed by atoms with Gasteiger partial charge in [-0.2, -0.15) is 5.10 Å². The van der Waals surface area contributed by atoms with Crippen LogP contribution in [0.25, 0.3) is 5.69 Å². The number of nitrogens with zero attached hydrogens (tertiary/aromatic N) is 2. The largest absolute Gasteiger partial charge is 0.481 e. The molecule has 2 aromatic rings. The van der Waals surface area contributed by atoms with Crippen molar-refractivity contribution in [2.75, 3.05) is 13.7 Å². The van der Waals surface area contributed by atoms with Crippen LogP contribution in [0.15, 0.2) is 30.3 Å². The van der Waals surface area contributed by atoms with Crippen molar-refractivity contribution in [3.63, 3.8) is 0 Å². The van der Waals surface area contributed by atoms with Crippen LogP contribution in [-0.4, -0.2) is 28.6 Å². The molecule has 0 aliphatic rings. The van der Waals surface area contributed by atoms with E-state index in [0.717, 1.165) is 16.9 Å². The second-order valence-corrected chi connectivity index (χ2v) is 3.79. The molecule has 0 fully saturated rings. The van der Waals surface area contributed by atoms with Gasteiger partial charge in [-0.05, 0) is 19.1 Å². The molecule has 0 bridgehead atoms. The number of rotatable bonds is 4. The van der Waals surface area contributed by atoms with E-state index in [-0.39, 0.29) is 6.61 Å². The monoisotopic (exact) mass is 232 g/mol. The van der Waals surface area contributed by atoms with Crippen molar-refractivity contribution in [2.45, 2.75) is 13.3 Å². The first kappa shape index (κ1) is 11.7. The zero-order valence-corrected chi connectivity index (χ0v) is 10.1. The number of ether oxygens (including phenoxy) is 1. The highest BCUT2D eigenvalue weighted by Gasteiger charge is 2.16. The van der Waals surface area contributed by atoms with Crippen LogP contribution in [0.2, 0.25) is 0 Å². The van der Waals surface area contributed by atoms with Crippen molar-refractivity contribution >= 4 is 0 Å². The predicted octanol–water partition coefficient (Wildman–Crippen LogP) is 1.72. The molecule has 1 N–H and O–H groups in total. The molecule has 0 amide bonds. The Labute approximate surface area is 100 Å². The van der Waals surface area contributed by atoms with E-state index in [1.165, 1.54) is 0 Å². The van der Waals surface area contributed by atoms with E-state index < -0.39 is 0 Å². The van der Waals surface area contributed by atoms with Crippen LogP contribution in [0, 0.1) is 6.92 Å². The number of methoxy groups -OCH3 is 1. The van der Waals surface area contributed by atoms with Crippen LogP contribution in [0.3, 0.4) is 0 Å². The maximum absolute atomic E-state index is 9.05. The van der Waals surface area contributed by atoms with Gasteiger partial charge in [-0.1, -0.05) is 18.2 Å². The summed E-state index contributed by atoms with van der Waals surface area (Å²) in [5, 5.41) is 13.5. The van der Waals surface area contributed by atoms with Crippen molar-refractivity contribution in [1.82, 2.24) is 9.78 Å². The van der Waals surface area contributed by atoms with Crippen LogP contribution < -0.4 is 4.74 Å². The molecule has 1 aromatic heterocycles. The standard InChI is InChI=1S/C13H16N2O2/c1-10-12(8-9-16)13(17-2)15(14-10)11-6-4-3-5-7-11/h3-7,16H,8-9H2,1-2H3. The Hall–Kier alpha value is -1.81. The number of hydrogen-bond acceptors (Lipinski definition) is 3. The molecule has 0 saturated heterocycles. The number of benzene rings is 1. The van der Waals surface area contributed by atoms with Gasteiger partial charge in [0, 0.05) is 18.6 Å². The zero-order valence-electron chi connectivity index (χ0n) is 10.1. The third kappa shape index (κ3) is 2.17. The molecule has 0 aliphatic carbocycles. The molecule has 0 aliphatic heterocycles. The van der Waals surface area contributed by atoms with Crippen LogP contribution in [0.1, 0.15) is 11.3 Å². The topological polar surface area (TPSA) is 47.3 Å². The molecule has 0 saturated carbocycles. The maximum atomic E-state index is 9.05. The van der Waals surface area contributed by atoms with Gasteiger partial charge in [0.25, 0.3) is 0 Å². The number of aliphatic hydroxyl groups excluding tert-OH is 1. The van der Waals surface area contributed by atoms with Crippen LogP contribution >= 0.6 is 0 Å². The molecular formula is C13H16N2O2. The lowest BCUT2D eigenvalue weighted by molar-refractivity contribution is 0.295. The summed E-state index contributed by atoms with van der Waals surface area (Å²) in [7, 11) is 1.62. The maximum Gasteiger partial charge on any atom is 0.219 e. The predicted molar refractivity (Wildman–Crippen MR) is 65.6 cm³/mol. The summed E-state index contributed by atoms with van der Waals surface area (Å²) in [6, 6.07) is 9.81. The third-order valence-electron chi connectivity index (χ3n) is 2.69. The van der Waals surface area contributed by atoms with Gasteiger partial charge in [0.1, 0.15) is 0 Å². The van der Waals surface area contributed by atoms with Crippen molar-refractivity contribution in [3.05, 3.63) is 41.6 Å². The average molecular weight is 232 g/mol. The van der Waals surface area contributed by atoms with Gasteiger partial charge in [0.2, 0.25) is 5.88 Å². The van der Waals surface area contributed by atoms with Crippen LogP contribution in [0.5, 0.6) is 5.88 Å². The summed E-state index contributed by atoms with van der Waals surface area (Å²) < 4.78 is 7.16. The van der Waals surface area contributed by atoms with Crippen molar-refractivity contribution < 1.29 is 9.84 Å². The van der Waals surface area contributed by atoms with Gasteiger partial charge in [-0.25, -0.2) is 4.68 Å². The highest BCUT2D eigenvalue weighted by Crippen LogP contribution is 2.25. The number of aliphatic hydroxyl groups is 1. The summed E-state index contributed by atoms with van der Waals surface area (Å²) in [4.78, 5) is 0. The van der Waals surface area contributed by atoms with Crippen molar-refractivity contribution in [1.29, 1.82) is 0 Å². The first-order valence-corrected chi connectivity index (χ1v) is 5.56. The van der Waals surface area contributed by atoms with Gasteiger partial charge >= 0.3 is 0 Å². The fourth-order valence-electron chi connectivity index (χ4n) is 1.89. The summed E-state index contributed by atoms with van der Waals surface area (Å²) >= 11 is 0. The highest BCUT2D eigenvalue weighted by molar-refractivity contribution is 5.41. The second kappa shape index (κ2) is 5.01. The first-order valence-electron chi connectivity index (χ1n) is 5.56. The molecule has 17 heavy (non-hydrogen) atoms. The Morgan fingerprint density at radius 2 is 2.00 bits per heavy atom. The van der Waals surface area contributed by atoms with Crippen molar-refractivity contribution in [2.24, 2.45) is 0 Å². The molecule has 0 atom stereocenters. The van der Waals surface area contributed by atoms with Gasteiger partial charge in [-0.15, -0.1) is 0 Å². The fraction of sp³-hybridized carbons (Fsp3) is 0.308. The molecule has 2 rings (SSSR count). The molecule has 4 nitrogen and oxygen atoms in total. The Kier molecular flexibility index (Phi) is 3.44. The smallest absolute Gasteiger partial charge is 0.219 e. The van der Waals surface area contributed by atoms with E-state index in [1.807, 2.05) is 37.3 Å². The zero-order chi connectivity index (χ0) is 12.3. The summed E-state index contributed by atoms with van der Waals surface area (Å²) in [6.45, 7) is 2.02. The van der Waals surface area contributed by atoms with Gasteiger partial charge < -0.3 is 9.84 Å². The number of hydrogen-bond donors (Lipinski definition) is 1. The van der Waals surface area contributed by atoms with Crippen molar-refractivity contribution in [3.8, 4) is 11.6 Å². The molecule has 1 heterocycles. The van der Waals surface area contributed by atoms with E-state index >= 15 is 0 Å². The SMILES string of the molecule is COc1c(CCO)c(C)nn1-c1ccccc1. The van der Waals surface area contributed by atoms with Gasteiger partial charge in [-0.3, -0.25) is 0 Å². The molecule has 0 spiro atoms. The highest BCUT2D eigenvalue weighted by atomic mass is 16.5. The normalized spacial score (nSPS) is 10.5. The van der Waals surface area contributed by atoms with Crippen LogP contribution in [-0.2, 0) is 6.42 Å². The summed E-state index contributed by atoms with van der Waals surface area (Å²) in [5.74, 6) is 0.697. The Morgan fingerprint density at radius 3 is 2.59 bits per heavy atom. The van der Waals surface area contributed by atoms with E-state index in [0.29, 0.717) is 12.3 Å². The number of para-hydroxylation sites is 1. The molecular weight excluding hydrogens is 216 g/mol. The van der Waals surface area contributed by atoms with Gasteiger partial charge in [0.05, 0.1) is 18.5 Å².